The molecular formula is C13H18F3O4P. The van der Waals surface area contributed by atoms with Gasteiger partial charge in [-0.05, 0) is 26.0 Å². The Hall–Kier alpha value is -1.04. The molecule has 0 atom stereocenters. The van der Waals surface area contributed by atoms with Crippen molar-refractivity contribution in [3.8, 4) is 5.75 Å². The van der Waals surface area contributed by atoms with E-state index in [1.165, 1.54) is 13.2 Å². The van der Waals surface area contributed by atoms with Crippen molar-refractivity contribution in [3.05, 3.63) is 29.3 Å². The van der Waals surface area contributed by atoms with Crippen LogP contribution in [-0.4, -0.2) is 20.3 Å². The van der Waals surface area contributed by atoms with E-state index < -0.39 is 19.3 Å². The summed E-state index contributed by atoms with van der Waals surface area (Å²) in [4.78, 5) is 0. The first-order valence-electron chi connectivity index (χ1n) is 6.38. The highest BCUT2D eigenvalue weighted by atomic mass is 31.2. The lowest BCUT2D eigenvalue weighted by Gasteiger charge is -2.19. The Morgan fingerprint density at radius 2 is 1.71 bits per heavy atom. The van der Waals surface area contributed by atoms with Crippen LogP contribution in [0, 0.1) is 0 Å². The molecule has 0 aromatic heterocycles. The van der Waals surface area contributed by atoms with Crippen molar-refractivity contribution in [2.45, 2.75) is 26.2 Å². The topological polar surface area (TPSA) is 44.8 Å². The lowest BCUT2D eigenvalue weighted by Crippen LogP contribution is -2.07. The molecule has 0 radical (unpaired) electrons. The molecule has 120 valence electrons. The van der Waals surface area contributed by atoms with E-state index in [2.05, 4.69) is 0 Å². The molecule has 0 N–H and O–H groups in total. The first-order valence-corrected chi connectivity index (χ1v) is 8.10. The molecule has 0 unspecified atom stereocenters. The minimum atomic E-state index is -4.46. The number of methoxy groups -OCH3 is 1. The molecule has 4 nitrogen and oxygen atoms in total. The van der Waals surface area contributed by atoms with E-state index in [4.69, 9.17) is 13.8 Å². The third-order valence-corrected chi connectivity index (χ3v) is 4.66. The predicted molar refractivity (Wildman–Crippen MR) is 72.6 cm³/mol. The van der Waals surface area contributed by atoms with Crippen molar-refractivity contribution in [1.82, 2.24) is 0 Å². The fourth-order valence-electron chi connectivity index (χ4n) is 1.78. The van der Waals surface area contributed by atoms with Crippen LogP contribution in [-0.2, 0) is 26.0 Å². The van der Waals surface area contributed by atoms with Gasteiger partial charge in [-0.1, -0.05) is 6.07 Å². The molecular weight excluding hydrogens is 308 g/mol. The van der Waals surface area contributed by atoms with Crippen molar-refractivity contribution >= 4 is 7.60 Å². The molecule has 1 aromatic carbocycles. The van der Waals surface area contributed by atoms with Crippen molar-refractivity contribution in [1.29, 1.82) is 0 Å². The Balaban J connectivity index is 3.10. The maximum Gasteiger partial charge on any atom is 0.416 e. The summed E-state index contributed by atoms with van der Waals surface area (Å²) in [6.07, 6.45) is -4.61. The van der Waals surface area contributed by atoms with Gasteiger partial charge >= 0.3 is 13.8 Å². The van der Waals surface area contributed by atoms with Gasteiger partial charge in [0.15, 0.2) is 0 Å². The number of ether oxygens (including phenoxy) is 1. The molecule has 0 saturated carbocycles. The van der Waals surface area contributed by atoms with Crippen LogP contribution >= 0.6 is 7.60 Å². The van der Waals surface area contributed by atoms with Crippen LogP contribution in [0.25, 0.3) is 0 Å². The Bertz CT molecular complexity index is 507. The van der Waals surface area contributed by atoms with Crippen LogP contribution in [0.4, 0.5) is 13.2 Å². The molecule has 8 heteroatoms. The van der Waals surface area contributed by atoms with Gasteiger partial charge in [0.05, 0.1) is 32.0 Å². The molecule has 0 aliphatic heterocycles. The standard InChI is InChI=1S/C13H18F3O4P/c1-4-19-21(17,20-5-2)9-10-6-7-11(13(14,15)16)8-12(10)18-3/h6-8H,4-5,9H2,1-3H3. The second kappa shape index (κ2) is 7.29. The third kappa shape index (κ3) is 5.02. The molecule has 1 aromatic rings. The van der Waals surface area contributed by atoms with Gasteiger partial charge in [-0.3, -0.25) is 4.57 Å². The number of halogens is 3. The predicted octanol–water partition coefficient (Wildman–Crippen LogP) is 4.48. The van der Waals surface area contributed by atoms with E-state index in [0.29, 0.717) is 5.56 Å². The molecule has 0 fully saturated rings. The van der Waals surface area contributed by atoms with Gasteiger partial charge in [0, 0.05) is 5.56 Å². The zero-order valence-corrected chi connectivity index (χ0v) is 13.0. The van der Waals surface area contributed by atoms with Crippen LogP contribution in [0.5, 0.6) is 5.75 Å². The maximum absolute atomic E-state index is 12.7. The van der Waals surface area contributed by atoms with Crippen LogP contribution in [0.2, 0.25) is 0 Å². The van der Waals surface area contributed by atoms with Crippen molar-refractivity contribution in [2.24, 2.45) is 0 Å². The van der Waals surface area contributed by atoms with Crippen LogP contribution in [0.15, 0.2) is 18.2 Å². The molecule has 1 rings (SSSR count). The summed E-state index contributed by atoms with van der Waals surface area (Å²) in [6.45, 7) is 3.69. The smallest absolute Gasteiger partial charge is 0.416 e. The quantitative estimate of drug-likeness (QED) is 0.693. The third-order valence-electron chi connectivity index (χ3n) is 2.63. The minimum Gasteiger partial charge on any atom is -0.496 e. The molecule has 0 aliphatic carbocycles. The van der Waals surface area contributed by atoms with Gasteiger partial charge < -0.3 is 13.8 Å². The van der Waals surface area contributed by atoms with Gasteiger partial charge in [-0.2, -0.15) is 13.2 Å². The zero-order valence-electron chi connectivity index (χ0n) is 12.1. The van der Waals surface area contributed by atoms with Crippen molar-refractivity contribution in [2.75, 3.05) is 20.3 Å². The Kier molecular flexibility index (Phi) is 6.25. The summed E-state index contributed by atoms with van der Waals surface area (Å²) >= 11 is 0. The molecule has 21 heavy (non-hydrogen) atoms. The molecule has 0 saturated heterocycles. The summed E-state index contributed by atoms with van der Waals surface area (Å²) in [5, 5.41) is 0. The average Bonchev–Trinajstić information content (AvgIpc) is 2.38. The average molecular weight is 326 g/mol. The number of rotatable bonds is 7. The monoisotopic (exact) mass is 326 g/mol. The lowest BCUT2D eigenvalue weighted by atomic mass is 10.1. The van der Waals surface area contributed by atoms with Gasteiger partial charge in [0.25, 0.3) is 0 Å². The molecule has 0 amide bonds. The van der Waals surface area contributed by atoms with E-state index in [0.717, 1.165) is 12.1 Å². The SMILES string of the molecule is CCOP(=O)(Cc1ccc(C(F)(F)F)cc1OC)OCC. The van der Waals surface area contributed by atoms with E-state index in [9.17, 15) is 17.7 Å². The number of benzene rings is 1. The van der Waals surface area contributed by atoms with Gasteiger partial charge in [0.2, 0.25) is 0 Å². The summed E-state index contributed by atoms with van der Waals surface area (Å²) in [5.41, 5.74) is -0.485. The Morgan fingerprint density at radius 1 is 1.14 bits per heavy atom. The maximum atomic E-state index is 12.7. The van der Waals surface area contributed by atoms with E-state index in [-0.39, 0.29) is 25.1 Å². The van der Waals surface area contributed by atoms with Crippen LogP contribution in [0.1, 0.15) is 25.0 Å². The summed E-state index contributed by atoms with van der Waals surface area (Å²) in [7, 11) is -2.14. The van der Waals surface area contributed by atoms with Gasteiger partial charge in [-0.25, -0.2) is 0 Å². The first-order chi connectivity index (χ1) is 9.75. The Labute approximate surface area is 121 Å². The summed E-state index contributed by atoms with van der Waals surface area (Å²) in [6, 6.07) is 3.02. The zero-order chi connectivity index (χ0) is 16.1. The summed E-state index contributed by atoms with van der Waals surface area (Å²) in [5.74, 6) is 0.00413. The highest BCUT2D eigenvalue weighted by molar-refractivity contribution is 7.53. The number of alkyl halides is 3. The van der Waals surface area contributed by atoms with Gasteiger partial charge in [-0.15, -0.1) is 0 Å². The molecule has 0 bridgehead atoms. The van der Waals surface area contributed by atoms with E-state index in [1.807, 2.05) is 0 Å². The number of hydrogen-bond acceptors (Lipinski definition) is 4. The van der Waals surface area contributed by atoms with Crippen LogP contribution in [0.3, 0.4) is 0 Å². The normalized spacial score (nSPS) is 12.5. The van der Waals surface area contributed by atoms with Crippen LogP contribution < -0.4 is 4.74 Å². The second-order valence-corrected chi connectivity index (χ2v) is 6.18. The van der Waals surface area contributed by atoms with Crippen molar-refractivity contribution < 1.29 is 31.5 Å². The fraction of sp³-hybridized carbons (Fsp3) is 0.538. The lowest BCUT2D eigenvalue weighted by molar-refractivity contribution is -0.137. The molecule has 0 spiro atoms. The Morgan fingerprint density at radius 3 is 2.14 bits per heavy atom. The second-order valence-electron chi connectivity index (χ2n) is 4.13. The minimum absolute atomic E-state index is 0.00413. The fourth-order valence-corrected chi connectivity index (χ4v) is 3.50. The number of hydrogen-bond donors (Lipinski definition) is 0. The summed E-state index contributed by atoms with van der Waals surface area (Å²) < 4.78 is 65.6. The van der Waals surface area contributed by atoms with Gasteiger partial charge in [0.1, 0.15) is 5.75 Å². The van der Waals surface area contributed by atoms with E-state index in [1.54, 1.807) is 13.8 Å². The van der Waals surface area contributed by atoms with E-state index >= 15 is 0 Å². The van der Waals surface area contributed by atoms with Crippen molar-refractivity contribution in [3.63, 3.8) is 0 Å². The highest BCUT2D eigenvalue weighted by Crippen LogP contribution is 2.52. The highest BCUT2D eigenvalue weighted by Gasteiger charge is 2.32. The molecule has 0 heterocycles. The largest absolute Gasteiger partial charge is 0.496 e. The first kappa shape index (κ1) is 18.0. The molecule has 0 aliphatic rings.